The number of ether oxygens (including phenoxy) is 1. The van der Waals surface area contributed by atoms with Crippen LogP contribution in [-0.2, 0) is 5.41 Å². The van der Waals surface area contributed by atoms with Crippen molar-refractivity contribution in [3.05, 3.63) is 52.2 Å². The molecule has 0 amide bonds. The van der Waals surface area contributed by atoms with Gasteiger partial charge >= 0.3 is 0 Å². The molecule has 0 aliphatic heterocycles. The molecule has 112 valence electrons. The van der Waals surface area contributed by atoms with Gasteiger partial charge in [0.2, 0.25) is 0 Å². The van der Waals surface area contributed by atoms with E-state index in [9.17, 15) is 4.79 Å². The topological polar surface area (TPSA) is 26.3 Å². The Morgan fingerprint density at radius 2 is 1.90 bits per heavy atom. The second kappa shape index (κ2) is 6.90. The number of hydrogen-bond donors (Lipinski definition) is 0. The number of thiophene rings is 1. The lowest BCUT2D eigenvalue weighted by Gasteiger charge is -2.22. The lowest BCUT2D eigenvalue weighted by Crippen LogP contribution is -2.14. The SMILES string of the molecule is CC(C)(C)c1ccccc1OCCCC(=O)c1cccs1. The van der Waals surface area contributed by atoms with E-state index in [-0.39, 0.29) is 11.2 Å². The zero-order chi connectivity index (χ0) is 15.3. The molecule has 3 heteroatoms. The molecular weight excluding hydrogens is 280 g/mol. The minimum Gasteiger partial charge on any atom is -0.493 e. The number of carbonyl (C=O) groups is 1. The zero-order valence-corrected chi connectivity index (χ0v) is 13.7. The third kappa shape index (κ3) is 4.43. The van der Waals surface area contributed by atoms with E-state index in [0.29, 0.717) is 13.0 Å². The number of carbonyl (C=O) groups excluding carboxylic acids is 1. The van der Waals surface area contributed by atoms with E-state index in [1.807, 2.05) is 35.7 Å². The average Bonchev–Trinajstić information content (AvgIpc) is 2.97. The minimum absolute atomic E-state index is 0.0589. The van der Waals surface area contributed by atoms with Crippen LogP contribution in [-0.4, -0.2) is 12.4 Å². The molecule has 0 N–H and O–H groups in total. The Balaban J connectivity index is 1.86. The fraction of sp³-hybridized carbons (Fsp3) is 0.389. The Morgan fingerprint density at radius 3 is 2.57 bits per heavy atom. The minimum atomic E-state index is 0.0589. The van der Waals surface area contributed by atoms with Crippen molar-refractivity contribution >= 4 is 17.1 Å². The first-order valence-electron chi connectivity index (χ1n) is 7.27. The molecule has 0 bridgehead atoms. The molecule has 0 saturated heterocycles. The summed E-state index contributed by atoms with van der Waals surface area (Å²) in [5.41, 5.74) is 1.26. The van der Waals surface area contributed by atoms with Crippen LogP contribution in [0.4, 0.5) is 0 Å². The Hall–Kier alpha value is -1.61. The van der Waals surface area contributed by atoms with Gasteiger partial charge in [0.25, 0.3) is 0 Å². The third-order valence-corrected chi connectivity index (χ3v) is 4.21. The smallest absolute Gasteiger partial charge is 0.172 e. The summed E-state index contributed by atoms with van der Waals surface area (Å²) in [5, 5.41) is 1.93. The largest absolute Gasteiger partial charge is 0.493 e. The van der Waals surface area contributed by atoms with Gasteiger partial charge in [-0.05, 0) is 34.9 Å². The van der Waals surface area contributed by atoms with Crippen LogP contribution in [0.5, 0.6) is 5.75 Å². The van der Waals surface area contributed by atoms with Gasteiger partial charge in [0.05, 0.1) is 11.5 Å². The number of para-hydroxylation sites is 1. The fourth-order valence-electron chi connectivity index (χ4n) is 2.19. The number of rotatable bonds is 6. The van der Waals surface area contributed by atoms with Gasteiger partial charge in [-0.1, -0.05) is 45.0 Å². The number of hydrogen-bond acceptors (Lipinski definition) is 3. The van der Waals surface area contributed by atoms with Crippen LogP contribution in [0.2, 0.25) is 0 Å². The van der Waals surface area contributed by atoms with Crippen molar-refractivity contribution in [3.63, 3.8) is 0 Å². The summed E-state index contributed by atoms with van der Waals surface area (Å²) in [6.07, 6.45) is 1.29. The predicted molar refractivity (Wildman–Crippen MR) is 88.5 cm³/mol. The summed E-state index contributed by atoms with van der Waals surface area (Å²) < 4.78 is 5.88. The van der Waals surface area contributed by atoms with Crippen molar-refractivity contribution < 1.29 is 9.53 Å². The highest BCUT2D eigenvalue weighted by Crippen LogP contribution is 2.31. The normalized spacial score (nSPS) is 11.4. The first-order valence-corrected chi connectivity index (χ1v) is 8.15. The highest BCUT2D eigenvalue weighted by molar-refractivity contribution is 7.12. The highest BCUT2D eigenvalue weighted by Gasteiger charge is 2.18. The molecule has 2 nitrogen and oxygen atoms in total. The van der Waals surface area contributed by atoms with Gasteiger partial charge in [0.1, 0.15) is 5.75 Å². The summed E-state index contributed by atoms with van der Waals surface area (Å²) in [5.74, 6) is 1.13. The van der Waals surface area contributed by atoms with Gasteiger partial charge < -0.3 is 4.74 Å². The Kier molecular flexibility index (Phi) is 5.18. The summed E-state index contributed by atoms with van der Waals surface area (Å²) in [7, 11) is 0. The first kappa shape index (κ1) is 15.8. The van der Waals surface area contributed by atoms with Crippen molar-refractivity contribution in [1.82, 2.24) is 0 Å². The van der Waals surface area contributed by atoms with Crippen molar-refractivity contribution in [3.8, 4) is 5.75 Å². The first-order chi connectivity index (χ1) is 9.98. The number of benzene rings is 1. The van der Waals surface area contributed by atoms with E-state index >= 15 is 0 Å². The molecule has 1 aromatic heterocycles. The van der Waals surface area contributed by atoms with Crippen molar-refractivity contribution in [2.75, 3.05) is 6.61 Å². The van der Waals surface area contributed by atoms with Gasteiger partial charge in [-0.2, -0.15) is 0 Å². The van der Waals surface area contributed by atoms with Crippen LogP contribution >= 0.6 is 11.3 Å². The zero-order valence-electron chi connectivity index (χ0n) is 12.9. The van der Waals surface area contributed by atoms with Crippen LogP contribution in [0.1, 0.15) is 48.8 Å². The van der Waals surface area contributed by atoms with Crippen LogP contribution < -0.4 is 4.74 Å². The summed E-state index contributed by atoms with van der Waals surface area (Å²) in [6, 6.07) is 11.9. The molecule has 0 radical (unpaired) electrons. The van der Waals surface area contributed by atoms with Crippen LogP contribution in [0, 0.1) is 0 Å². The lowest BCUT2D eigenvalue weighted by atomic mass is 9.86. The van der Waals surface area contributed by atoms with E-state index < -0.39 is 0 Å². The molecular formula is C18H22O2S. The Bertz CT molecular complexity index is 580. The standard InChI is InChI=1S/C18H22O2S/c1-18(2,3)14-8-4-5-10-16(14)20-12-6-9-15(19)17-11-7-13-21-17/h4-5,7-8,10-11,13H,6,9,12H2,1-3H3. The van der Waals surface area contributed by atoms with Crippen LogP contribution in [0.15, 0.2) is 41.8 Å². The molecule has 0 saturated carbocycles. The molecule has 1 aromatic carbocycles. The summed E-state index contributed by atoms with van der Waals surface area (Å²) in [6.45, 7) is 7.10. The van der Waals surface area contributed by atoms with Gasteiger partial charge in [0.15, 0.2) is 5.78 Å². The molecule has 2 rings (SSSR count). The molecule has 0 aliphatic carbocycles. The molecule has 0 aliphatic rings. The Labute approximate surface area is 130 Å². The molecule has 0 fully saturated rings. The fourth-order valence-corrected chi connectivity index (χ4v) is 2.88. The molecule has 0 atom stereocenters. The van der Waals surface area contributed by atoms with E-state index in [1.54, 1.807) is 0 Å². The summed E-state index contributed by atoms with van der Waals surface area (Å²) in [4.78, 5) is 12.7. The van der Waals surface area contributed by atoms with E-state index in [0.717, 1.165) is 17.0 Å². The highest BCUT2D eigenvalue weighted by atomic mass is 32.1. The predicted octanol–water partition coefficient (Wildman–Crippen LogP) is 5.09. The van der Waals surface area contributed by atoms with E-state index in [1.165, 1.54) is 16.9 Å². The van der Waals surface area contributed by atoms with Crippen molar-refractivity contribution in [1.29, 1.82) is 0 Å². The van der Waals surface area contributed by atoms with Crippen LogP contribution in [0.25, 0.3) is 0 Å². The van der Waals surface area contributed by atoms with Crippen LogP contribution in [0.3, 0.4) is 0 Å². The monoisotopic (exact) mass is 302 g/mol. The lowest BCUT2D eigenvalue weighted by molar-refractivity contribution is 0.0977. The summed E-state index contributed by atoms with van der Waals surface area (Å²) >= 11 is 1.50. The molecule has 1 heterocycles. The third-order valence-electron chi connectivity index (χ3n) is 3.30. The maximum atomic E-state index is 11.9. The average molecular weight is 302 g/mol. The molecule has 0 spiro atoms. The quantitative estimate of drug-likeness (QED) is 0.549. The van der Waals surface area contributed by atoms with Crippen molar-refractivity contribution in [2.24, 2.45) is 0 Å². The van der Waals surface area contributed by atoms with E-state index in [2.05, 4.69) is 26.8 Å². The maximum absolute atomic E-state index is 11.9. The van der Waals surface area contributed by atoms with Gasteiger partial charge in [0, 0.05) is 6.42 Å². The van der Waals surface area contributed by atoms with Crippen molar-refractivity contribution in [2.45, 2.75) is 39.0 Å². The molecule has 0 unspecified atom stereocenters. The molecule has 21 heavy (non-hydrogen) atoms. The van der Waals surface area contributed by atoms with Gasteiger partial charge in [-0.3, -0.25) is 4.79 Å². The maximum Gasteiger partial charge on any atom is 0.172 e. The van der Waals surface area contributed by atoms with Gasteiger partial charge in [-0.15, -0.1) is 11.3 Å². The number of Topliss-reactive ketones (excluding diaryl/α,β-unsaturated/α-hetero) is 1. The number of ketones is 1. The second-order valence-corrected chi connectivity index (χ2v) is 7.05. The Morgan fingerprint density at radius 1 is 1.14 bits per heavy atom. The van der Waals surface area contributed by atoms with E-state index in [4.69, 9.17) is 4.74 Å². The van der Waals surface area contributed by atoms with Gasteiger partial charge in [-0.25, -0.2) is 0 Å². The second-order valence-electron chi connectivity index (χ2n) is 6.10. The molecule has 2 aromatic rings.